The molecule has 1 atom stereocenters. The van der Waals surface area contributed by atoms with Crippen LogP contribution in [0.2, 0.25) is 0 Å². The van der Waals surface area contributed by atoms with Crippen molar-refractivity contribution in [1.29, 1.82) is 0 Å². The number of benzene rings is 1. The molecular formula is C15H15FN2O2. The van der Waals surface area contributed by atoms with Crippen LogP contribution in [0.1, 0.15) is 18.5 Å². The van der Waals surface area contributed by atoms with Crippen LogP contribution in [-0.2, 0) is 4.79 Å². The van der Waals surface area contributed by atoms with E-state index in [0.717, 1.165) is 5.56 Å². The number of pyridine rings is 1. The summed E-state index contributed by atoms with van der Waals surface area (Å²) in [4.78, 5) is 15.7. The Kier molecular flexibility index (Phi) is 4.65. The predicted molar refractivity (Wildman–Crippen MR) is 72.7 cm³/mol. The number of carbonyl (C=O) groups is 1. The molecular weight excluding hydrogens is 259 g/mol. The molecule has 2 rings (SSSR count). The lowest BCUT2D eigenvalue weighted by atomic mass is 10.1. The van der Waals surface area contributed by atoms with E-state index in [4.69, 9.17) is 4.74 Å². The van der Waals surface area contributed by atoms with Gasteiger partial charge in [0.2, 0.25) is 0 Å². The molecule has 2 aromatic rings. The minimum Gasteiger partial charge on any atom is -0.484 e. The molecule has 0 unspecified atom stereocenters. The first-order valence-corrected chi connectivity index (χ1v) is 6.23. The van der Waals surface area contributed by atoms with Crippen LogP contribution in [-0.4, -0.2) is 17.5 Å². The largest absolute Gasteiger partial charge is 0.484 e. The van der Waals surface area contributed by atoms with E-state index >= 15 is 0 Å². The van der Waals surface area contributed by atoms with Gasteiger partial charge >= 0.3 is 0 Å². The molecule has 1 aromatic heterocycles. The maximum atomic E-state index is 12.7. The van der Waals surface area contributed by atoms with Crippen LogP contribution in [0.15, 0.2) is 48.8 Å². The third-order valence-electron chi connectivity index (χ3n) is 2.77. The average molecular weight is 274 g/mol. The zero-order valence-corrected chi connectivity index (χ0v) is 11.0. The SMILES string of the molecule is C[C@@H](NC(=O)COc1ccc(F)cc1)c1ccncc1. The summed E-state index contributed by atoms with van der Waals surface area (Å²) in [5.41, 5.74) is 0.968. The highest BCUT2D eigenvalue weighted by molar-refractivity contribution is 5.78. The molecule has 0 saturated heterocycles. The Morgan fingerprint density at radius 1 is 1.25 bits per heavy atom. The third-order valence-corrected chi connectivity index (χ3v) is 2.77. The van der Waals surface area contributed by atoms with Crippen molar-refractivity contribution in [3.05, 3.63) is 60.2 Å². The van der Waals surface area contributed by atoms with E-state index in [-0.39, 0.29) is 24.4 Å². The van der Waals surface area contributed by atoms with Crippen molar-refractivity contribution in [1.82, 2.24) is 10.3 Å². The van der Waals surface area contributed by atoms with Gasteiger partial charge in [0.25, 0.3) is 5.91 Å². The number of halogens is 1. The minimum absolute atomic E-state index is 0.110. The molecule has 5 heteroatoms. The number of aromatic nitrogens is 1. The van der Waals surface area contributed by atoms with Gasteiger partial charge in [-0.1, -0.05) is 0 Å². The van der Waals surface area contributed by atoms with Gasteiger partial charge in [-0.3, -0.25) is 9.78 Å². The number of nitrogens with zero attached hydrogens (tertiary/aromatic N) is 1. The van der Waals surface area contributed by atoms with Crippen LogP contribution in [0, 0.1) is 5.82 Å². The summed E-state index contributed by atoms with van der Waals surface area (Å²) in [5.74, 6) is -0.120. The number of hydrogen-bond donors (Lipinski definition) is 1. The molecule has 104 valence electrons. The lowest BCUT2D eigenvalue weighted by molar-refractivity contribution is -0.123. The second-order valence-corrected chi connectivity index (χ2v) is 4.31. The van der Waals surface area contributed by atoms with E-state index in [1.807, 2.05) is 19.1 Å². The Bertz CT molecular complexity index is 558. The summed E-state index contributed by atoms with van der Waals surface area (Å²) in [6, 6.07) is 9.09. The summed E-state index contributed by atoms with van der Waals surface area (Å²) in [6.45, 7) is 1.77. The van der Waals surface area contributed by atoms with E-state index in [9.17, 15) is 9.18 Å². The Balaban J connectivity index is 1.82. The summed E-state index contributed by atoms with van der Waals surface area (Å²) < 4.78 is 18.0. The fourth-order valence-corrected chi connectivity index (χ4v) is 1.70. The summed E-state index contributed by atoms with van der Waals surface area (Å²) in [7, 11) is 0. The lowest BCUT2D eigenvalue weighted by Crippen LogP contribution is -2.31. The second-order valence-electron chi connectivity index (χ2n) is 4.31. The van der Waals surface area contributed by atoms with Crippen molar-refractivity contribution in [2.24, 2.45) is 0 Å². The molecule has 20 heavy (non-hydrogen) atoms. The van der Waals surface area contributed by atoms with E-state index in [2.05, 4.69) is 10.3 Å². The van der Waals surface area contributed by atoms with E-state index < -0.39 is 0 Å². The molecule has 0 radical (unpaired) electrons. The quantitative estimate of drug-likeness (QED) is 0.911. The lowest BCUT2D eigenvalue weighted by Gasteiger charge is -2.14. The molecule has 0 spiro atoms. The molecule has 1 aromatic carbocycles. The molecule has 1 heterocycles. The van der Waals surface area contributed by atoms with Crippen molar-refractivity contribution in [2.45, 2.75) is 13.0 Å². The molecule has 1 amide bonds. The monoisotopic (exact) mass is 274 g/mol. The van der Waals surface area contributed by atoms with Crippen molar-refractivity contribution >= 4 is 5.91 Å². The fourth-order valence-electron chi connectivity index (χ4n) is 1.70. The van der Waals surface area contributed by atoms with Crippen molar-refractivity contribution in [3.63, 3.8) is 0 Å². The Labute approximate surface area is 116 Å². The predicted octanol–water partition coefficient (Wildman–Crippen LogP) is 2.48. The molecule has 0 aliphatic heterocycles. The smallest absolute Gasteiger partial charge is 0.258 e. The van der Waals surface area contributed by atoms with Gasteiger partial charge in [-0.05, 0) is 48.9 Å². The van der Waals surface area contributed by atoms with Crippen LogP contribution < -0.4 is 10.1 Å². The number of nitrogens with one attached hydrogen (secondary N) is 1. The Morgan fingerprint density at radius 3 is 2.55 bits per heavy atom. The van der Waals surface area contributed by atoms with Crippen LogP contribution in [0.3, 0.4) is 0 Å². The molecule has 0 fully saturated rings. The highest BCUT2D eigenvalue weighted by Gasteiger charge is 2.09. The van der Waals surface area contributed by atoms with Crippen molar-refractivity contribution in [3.8, 4) is 5.75 Å². The van der Waals surface area contributed by atoms with E-state index in [1.165, 1.54) is 24.3 Å². The maximum absolute atomic E-state index is 12.7. The van der Waals surface area contributed by atoms with Gasteiger partial charge in [0, 0.05) is 12.4 Å². The van der Waals surface area contributed by atoms with Crippen LogP contribution in [0.4, 0.5) is 4.39 Å². The molecule has 0 aliphatic carbocycles. The number of hydrogen-bond acceptors (Lipinski definition) is 3. The maximum Gasteiger partial charge on any atom is 0.258 e. The van der Waals surface area contributed by atoms with Gasteiger partial charge in [0.05, 0.1) is 6.04 Å². The molecule has 4 nitrogen and oxygen atoms in total. The van der Waals surface area contributed by atoms with Gasteiger partial charge in [-0.25, -0.2) is 4.39 Å². The number of amides is 1. The summed E-state index contributed by atoms with van der Waals surface area (Å²) in [6.07, 6.45) is 3.35. The third kappa shape index (κ3) is 4.05. The molecule has 0 aliphatic rings. The molecule has 1 N–H and O–H groups in total. The standard InChI is InChI=1S/C15H15FN2O2/c1-11(12-6-8-17-9-7-12)18-15(19)10-20-14-4-2-13(16)3-5-14/h2-9,11H,10H2,1H3,(H,18,19)/t11-/m1/s1. The topological polar surface area (TPSA) is 51.2 Å². The fraction of sp³-hybridized carbons (Fsp3) is 0.200. The van der Waals surface area contributed by atoms with Crippen LogP contribution >= 0.6 is 0 Å². The van der Waals surface area contributed by atoms with Crippen LogP contribution in [0.25, 0.3) is 0 Å². The van der Waals surface area contributed by atoms with Crippen molar-refractivity contribution in [2.75, 3.05) is 6.61 Å². The van der Waals surface area contributed by atoms with Gasteiger partial charge in [-0.2, -0.15) is 0 Å². The van der Waals surface area contributed by atoms with Gasteiger partial charge in [0.15, 0.2) is 6.61 Å². The first kappa shape index (κ1) is 14.0. The Hall–Kier alpha value is -2.43. The van der Waals surface area contributed by atoms with E-state index in [0.29, 0.717) is 5.75 Å². The van der Waals surface area contributed by atoms with Gasteiger partial charge in [0.1, 0.15) is 11.6 Å². The normalized spacial score (nSPS) is 11.7. The van der Waals surface area contributed by atoms with E-state index in [1.54, 1.807) is 12.4 Å². The summed E-state index contributed by atoms with van der Waals surface area (Å²) in [5, 5.41) is 2.81. The first-order chi connectivity index (χ1) is 9.65. The summed E-state index contributed by atoms with van der Waals surface area (Å²) >= 11 is 0. The zero-order chi connectivity index (χ0) is 14.4. The number of carbonyl (C=O) groups excluding carboxylic acids is 1. The first-order valence-electron chi connectivity index (χ1n) is 6.23. The average Bonchev–Trinajstić information content (AvgIpc) is 2.47. The zero-order valence-electron chi connectivity index (χ0n) is 11.0. The number of ether oxygens (including phenoxy) is 1. The van der Waals surface area contributed by atoms with Crippen LogP contribution in [0.5, 0.6) is 5.75 Å². The Morgan fingerprint density at radius 2 is 1.90 bits per heavy atom. The molecule has 0 saturated carbocycles. The van der Waals surface area contributed by atoms with Gasteiger partial charge in [-0.15, -0.1) is 0 Å². The second kappa shape index (κ2) is 6.65. The molecule has 0 bridgehead atoms. The minimum atomic E-state index is -0.340. The van der Waals surface area contributed by atoms with Gasteiger partial charge < -0.3 is 10.1 Å². The number of rotatable bonds is 5. The highest BCUT2D eigenvalue weighted by atomic mass is 19.1. The van der Waals surface area contributed by atoms with Crippen molar-refractivity contribution < 1.29 is 13.9 Å². The highest BCUT2D eigenvalue weighted by Crippen LogP contribution is 2.12.